The fraction of sp³-hybridized carbons (Fsp3) is 0.688. The van der Waals surface area contributed by atoms with E-state index in [0.29, 0.717) is 0 Å². The first kappa shape index (κ1) is 17.6. The Morgan fingerprint density at radius 1 is 1.43 bits per heavy atom. The molecule has 0 spiro atoms. The average Bonchev–Trinajstić information content (AvgIpc) is 2.74. The molecule has 3 N–H and O–H groups in total. The summed E-state index contributed by atoms with van der Waals surface area (Å²) in [6.07, 6.45) is 0.861. The van der Waals surface area contributed by atoms with Crippen molar-refractivity contribution in [1.82, 2.24) is 10.6 Å². The lowest BCUT2D eigenvalue weighted by Gasteiger charge is -2.30. The molecule has 5 heteroatoms. The number of urea groups is 1. The van der Waals surface area contributed by atoms with Crippen LogP contribution in [0.3, 0.4) is 0 Å². The number of furan rings is 1. The summed E-state index contributed by atoms with van der Waals surface area (Å²) in [6.45, 7) is 11.6. The smallest absolute Gasteiger partial charge is 0.315 e. The Bertz CT molecular complexity index is 480. The second-order valence-corrected chi connectivity index (χ2v) is 6.08. The monoisotopic (exact) mass is 296 g/mol. The average molecular weight is 296 g/mol. The number of nitrogens with one attached hydrogen (secondary N) is 2. The molecule has 3 atom stereocenters. The number of amides is 2. The third-order valence-corrected chi connectivity index (χ3v) is 4.17. The van der Waals surface area contributed by atoms with Crippen molar-refractivity contribution in [2.45, 2.75) is 59.6 Å². The molecule has 0 radical (unpaired) electrons. The van der Waals surface area contributed by atoms with Gasteiger partial charge in [-0.25, -0.2) is 4.79 Å². The molecular weight excluding hydrogens is 268 g/mol. The number of aliphatic hydroxyl groups is 1. The summed E-state index contributed by atoms with van der Waals surface area (Å²) in [5.74, 6) is 1.76. The molecule has 0 aliphatic rings. The van der Waals surface area contributed by atoms with Crippen LogP contribution in [-0.4, -0.2) is 23.3 Å². The third-order valence-electron chi connectivity index (χ3n) is 4.17. The van der Waals surface area contributed by atoms with Crippen molar-refractivity contribution in [3.63, 3.8) is 0 Å². The molecule has 3 unspecified atom stereocenters. The molecule has 0 aliphatic heterocycles. The van der Waals surface area contributed by atoms with Crippen molar-refractivity contribution in [3.8, 4) is 0 Å². The quantitative estimate of drug-likeness (QED) is 0.755. The standard InChI is InChI=1S/C16H28N2O3/c1-7-10(2)16(6,20)9-17-15(19)18-12(4)14-8-11(3)21-13(14)5/h8,10,12,20H,7,9H2,1-6H3,(H2,17,18,19). The lowest BCUT2D eigenvalue weighted by molar-refractivity contribution is 0.00784. The lowest BCUT2D eigenvalue weighted by Crippen LogP contribution is -2.48. The molecule has 1 rings (SSSR count). The normalized spacial score (nSPS) is 16.9. The van der Waals surface area contributed by atoms with E-state index in [2.05, 4.69) is 10.6 Å². The van der Waals surface area contributed by atoms with Crippen LogP contribution in [0.1, 0.15) is 57.2 Å². The molecule has 21 heavy (non-hydrogen) atoms. The molecule has 0 aliphatic carbocycles. The van der Waals surface area contributed by atoms with E-state index in [-0.39, 0.29) is 24.5 Å². The van der Waals surface area contributed by atoms with Crippen molar-refractivity contribution in [1.29, 1.82) is 0 Å². The number of carbonyl (C=O) groups excluding carboxylic acids is 1. The van der Waals surface area contributed by atoms with E-state index < -0.39 is 5.60 Å². The molecule has 0 aromatic carbocycles. The maximum absolute atomic E-state index is 11.9. The van der Waals surface area contributed by atoms with Crippen LogP contribution < -0.4 is 10.6 Å². The number of hydrogen-bond acceptors (Lipinski definition) is 3. The summed E-state index contributed by atoms with van der Waals surface area (Å²) in [6, 6.07) is 1.50. The van der Waals surface area contributed by atoms with E-state index in [1.54, 1.807) is 6.92 Å². The highest BCUT2D eigenvalue weighted by molar-refractivity contribution is 5.74. The molecular formula is C16H28N2O3. The summed E-state index contributed by atoms with van der Waals surface area (Å²) in [4.78, 5) is 11.9. The zero-order valence-corrected chi connectivity index (χ0v) is 13.9. The van der Waals surface area contributed by atoms with Crippen LogP contribution in [-0.2, 0) is 0 Å². The van der Waals surface area contributed by atoms with Gasteiger partial charge in [0, 0.05) is 12.1 Å². The van der Waals surface area contributed by atoms with Crippen molar-refractivity contribution in [2.75, 3.05) is 6.54 Å². The van der Waals surface area contributed by atoms with Gasteiger partial charge in [0.15, 0.2) is 0 Å². The minimum atomic E-state index is -0.905. The van der Waals surface area contributed by atoms with Crippen LogP contribution in [0.2, 0.25) is 0 Å². The van der Waals surface area contributed by atoms with E-state index >= 15 is 0 Å². The molecule has 0 saturated heterocycles. The summed E-state index contributed by atoms with van der Waals surface area (Å²) >= 11 is 0. The first-order valence-electron chi connectivity index (χ1n) is 7.51. The van der Waals surface area contributed by atoms with Gasteiger partial charge in [0.1, 0.15) is 11.5 Å². The molecule has 0 fully saturated rings. The van der Waals surface area contributed by atoms with Gasteiger partial charge in [-0.15, -0.1) is 0 Å². The Hall–Kier alpha value is -1.49. The first-order valence-corrected chi connectivity index (χ1v) is 7.51. The van der Waals surface area contributed by atoms with Gasteiger partial charge in [0.05, 0.1) is 11.6 Å². The molecule has 0 saturated carbocycles. The second kappa shape index (κ2) is 6.98. The van der Waals surface area contributed by atoms with Crippen LogP contribution >= 0.6 is 0 Å². The topological polar surface area (TPSA) is 74.5 Å². The van der Waals surface area contributed by atoms with Gasteiger partial charge in [0.25, 0.3) is 0 Å². The van der Waals surface area contributed by atoms with Crippen LogP contribution in [0, 0.1) is 19.8 Å². The second-order valence-electron chi connectivity index (χ2n) is 6.08. The van der Waals surface area contributed by atoms with E-state index in [0.717, 1.165) is 23.5 Å². The Balaban J connectivity index is 2.52. The largest absolute Gasteiger partial charge is 0.466 e. The summed E-state index contributed by atoms with van der Waals surface area (Å²) < 4.78 is 5.47. The Morgan fingerprint density at radius 3 is 2.52 bits per heavy atom. The van der Waals surface area contributed by atoms with Crippen molar-refractivity contribution in [2.24, 2.45) is 5.92 Å². The zero-order chi connectivity index (χ0) is 16.2. The summed E-state index contributed by atoms with van der Waals surface area (Å²) in [5, 5.41) is 15.9. The fourth-order valence-corrected chi connectivity index (χ4v) is 2.28. The maximum Gasteiger partial charge on any atom is 0.315 e. The molecule has 1 heterocycles. The third kappa shape index (κ3) is 4.77. The van der Waals surface area contributed by atoms with Crippen LogP contribution in [0.4, 0.5) is 4.79 Å². The summed E-state index contributed by atoms with van der Waals surface area (Å²) in [5.41, 5.74) is 0.0635. The Labute approximate surface area is 127 Å². The highest BCUT2D eigenvalue weighted by Crippen LogP contribution is 2.21. The molecule has 0 bridgehead atoms. The molecule has 120 valence electrons. The first-order chi connectivity index (χ1) is 9.67. The minimum absolute atomic E-state index is 0.119. The molecule has 5 nitrogen and oxygen atoms in total. The van der Waals surface area contributed by atoms with Crippen LogP contribution in [0.25, 0.3) is 0 Å². The van der Waals surface area contributed by atoms with Crippen molar-refractivity contribution < 1.29 is 14.3 Å². The molecule has 1 aromatic heterocycles. The van der Waals surface area contributed by atoms with Gasteiger partial charge >= 0.3 is 6.03 Å². The van der Waals surface area contributed by atoms with E-state index in [4.69, 9.17) is 4.42 Å². The van der Waals surface area contributed by atoms with Gasteiger partial charge in [-0.2, -0.15) is 0 Å². The SMILES string of the molecule is CCC(C)C(C)(O)CNC(=O)NC(C)c1cc(C)oc1C. The highest BCUT2D eigenvalue weighted by atomic mass is 16.3. The number of carbonyl (C=O) groups is 1. The van der Waals surface area contributed by atoms with Crippen molar-refractivity contribution in [3.05, 3.63) is 23.2 Å². The van der Waals surface area contributed by atoms with Gasteiger partial charge in [0.2, 0.25) is 0 Å². The van der Waals surface area contributed by atoms with E-state index in [1.807, 2.05) is 40.7 Å². The van der Waals surface area contributed by atoms with Gasteiger partial charge in [-0.1, -0.05) is 20.3 Å². The van der Waals surface area contributed by atoms with Crippen LogP contribution in [0.5, 0.6) is 0 Å². The Kier molecular flexibility index (Phi) is 5.84. The number of hydrogen-bond donors (Lipinski definition) is 3. The van der Waals surface area contributed by atoms with Crippen molar-refractivity contribution >= 4 is 6.03 Å². The molecule has 2 amide bonds. The Morgan fingerprint density at radius 2 is 2.05 bits per heavy atom. The highest BCUT2D eigenvalue weighted by Gasteiger charge is 2.27. The predicted octanol–water partition coefficient (Wildman–Crippen LogP) is 3.05. The van der Waals surface area contributed by atoms with Crippen LogP contribution in [0.15, 0.2) is 10.5 Å². The van der Waals surface area contributed by atoms with Gasteiger partial charge in [-0.05, 0) is 39.7 Å². The number of rotatable bonds is 6. The number of aryl methyl sites for hydroxylation is 2. The molecule has 1 aromatic rings. The summed E-state index contributed by atoms with van der Waals surface area (Å²) in [7, 11) is 0. The fourth-order valence-electron chi connectivity index (χ4n) is 2.28. The minimum Gasteiger partial charge on any atom is -0.466 e. The van der Waals surface area contributed by atoms with E-state index in [1.165, 1.54) is 0 Å². The maximum atomic E-state index is 11.9. The van der Waals surface area contributed by atoms with E-state index in [9.17, 15) is 9.90 Å². The predicted molar refractivity (Wildman–Crippen MR) is 83.2 cm³/mol. The zero-order valence-electron chi connectivity index (χ0n) is 13.9. The van der Waals surface area contributed by atoms with Gasteiger partial charge < -0.3 is 20.2 Å². The van der Waals surface area contributed by atoms with Gasteiger partial charge in [-0.3, -0.25) is 0 Å². The lowest BCUT2D eigenvalue weighted by atomic mass is 9.89.